The molecular formula is C17H15F4NO2. The molecule has 0 radical (unpaired) electrons. The predicted octanol–water partition coefficient (Wildman–Crippen LogP) is 3.87. The van der Waals surface area contributed by atoms with Gasteiger partial charge >= 0.3 is 6.18 Å². The Morgan fingerprint density at radius 2 is 1.92 bits per heavy atom. The second-order valence-electron chi connectivity index (χ2n) is 5.68. The topological polar surface area (TPSA) is 55.5 Å². The Kier molecular flexibility index (Phi) is 4.13. The summed E-state index contributed by atoms with van der Waals surface area (Å²) in [4.78, 5) is 0. The van der Waals surface area contributed by atoms with Crippen LogP contribution >= 0.6 is 0 Å². The molecule has 1 aliphatic rings. The molecule has 2 aromatic rings. The fraction of sp³-hybridized carbons (Fsp3) is 0.294. The summed E-state index contributed by atoms with van der Waals surface area (Å²) >= 11 is 0. The second kappa shape index (κ2) is 5.98. The number of halogens is 4. The van der Waals surface area contributed by atoms with Crippen molar-refractivity contribution in [2.45, 2.75) is 25.1 Å². The molecule has 24 heavy (non-hydrogen) atoms. The zero-order valence-electron chi connectivity index (χ0n) is 12.5. The lowest BCUT2D eigenvalue weighted by Gasteiger charge is -2.28. The standard InChI is InChI=1S/C17H15F4NO2/c18-10-5-9-1-3-12(8-22)24-16(9)14(6-10)13-4-2-11(23)7-15(13)17(19,20)21/h2,4-7,12,23H,1,3,8,22H2/t12-/m1/s1. The summed E-state index contributed by atoms with van der Waals surface area (Å²) in [5.74, 6) is -0.939. The molecule has 0 saturated carbocycles. The Morgan fingerprint density at radius 1 is 1.17 bits per heavy atom. The molecule has 1 heterocycles. The van der Waals surface area contributed by atoms with E-state index < -0.39 is 23.3 Å². The van der Waals surface area contributed by atoms with Crippen LogP contribution in [0.1, 0.15) is 17.5 Å². The van der Waals surface area contributed by atoms with Crippen molar-refractivity contribution in [2.75, 3.05) is 6.54 Å². The highest BCUT2D eigenvalue weighted by molar-refractivity contribution is 5.76. The average Bonchev–Trinajstić information content (AvgIpc) is 2.53. The quantitative estimate of drug-likeness (QED) is 0.816. The van der Waals surface area contributed by atoms with Gasteiger partial charge in [-0.1, -0.05) is 0 Å². The van der Waals surface area contributed by atoms with Gasteiger partial charge in [-0.05, 0) is 54.3 Å². The largest absolute Gasteiger partial charge is 0.508 e. The molecule has 0 saturated heterocycles. The number of aryl methyl sites for hydroxylation is 1. The van der Waals surface area contributed by atoms with Crippen molar-refractivity contribution in [3.8, 4) is 22.6 Å². The SMILES string of the molecule is NC[C@H]1CCc2cc(F)cc(-c3ccc(O)cc3C(F)(F)F)c2O1. The number of phenols is 1. The van der Waals surface area contributed by atoms with Crippen molar-refractivity contribution >= 4 is 0 Å². The number of hydrogen-bond acceptors (Lipinski definition) is 3. The van der Waals surface area contributed by atoms with Gasteiger partial charge in [0.25, 0.3) is 0 Å². The first-order chi connectivity index (χ1) is 11.3. The van der Waals surface area contributed by atoms with Crippen molar-refractivity contribution in [3.05, 3.63) is 47.3 Å². The number of rotatable bonds is 2. The van der Waals surface area contributed by atoms with Crippen LogP contribution in [0.2, 0.25) is 0 Å². The minimum absolute atomic E-state index is 0.00970. The van der Waals surface area contributed by atoms with Crippen LogP contribution in [0.15, 0.2) is 30.3 Å². The van der Waals surface area contributed by atoms with Gasteiger partial charge < -0.3 is 15.6 Å². The number of nitrogens with two attached hydrogens (primary N) is 1. The molecule has 2 aromatic carbocycles. The van der Waals surface area contributed by atoms with Gasteiger partial charge in [-0.15, -0.1) is 0 Å². The third-order valence-electron chi connectivity index (χ3n) is 4.01. The predicted molar refractivity (Wildman–Crippen MR) is 80.3 cm³/mol. The molecule has 3 N–H and O–H groups in total. The highest BCUT2D eigenvalue weighted by Crippen LogP contribution is 2.44. The van der Waals surface area contributed by atoms with Gasteiger partial charge in [0.1, 0.15) is 23.4 Å². The lowest BCUT2D eigenvalue weighted by atomic mass is 9.92. The van der Waals surface area contributed by atoms with E-state index >= 15 is 0 Å². The zero-order chi connectivity index (χ0) is 17.5. The molecule has 128 valence electrons. The fourth-order valence-electron chi connectivity index (χ4n) is 2.88. The van der Waals surface area contributed by atoms with Crippen LogP contribution in [0.25, 0.3) is 11.1 Å². The van der Waals surface area contributed by atoms with Crippen molar-refractivity contribution in [1.29, 1.82) is 0 Å². The van der Waals surface area contributed by atoms with Gasteiger partial charge in [0.2, 0.25) is 0 Å². The molecule has 1 aliphatic heterocycles. The molecule has 3 rings (SSSR count). The maximum absolute atomic E-state index is 13.9. The molecule has 7 heteroatoms. The summed E-state index contributed by atoms with van der Waals surface area (Å²) < 4.78 is 59.6. The maximum atomic E-state index is 13.9. The van der Waals surface area contributed by atoms with Crippen LogP contribution in [-0.2, 0) is 12.6 Å². The Hall–Kier alpha value is -2.28. The highest BCUT2D eigenvalue weighted by atomic mass is 19.4. The van der Waals surface area contributed by atoms with Gasteiger partial charge in [0, 0.05) is 12.1 Å². The van der Waals surface area contributed by atoms with Gasteiger partial charge in [0.15, 0.2) is 0 Å². The Morgan fingerprint density at radius 3 is 2.58 bits per heavy atom. The van der Waals surface area contributed by atoms with E-state index in [1.807, 2.05) is 0 Å². The third kappa shape index (κ3) is 3.03. The van der Waals surface area contributed by atoms with Gasteiger partial charge in [-0.2, -0.15) is 13.2 Å². The van der Waals surface area contributed by atoms with E-state index in [1.54, 1.807) is 0 Å². The van der Waals surface area contributed by atoms with Crippen LogP contribution < -0.4 is 10.5 Å². The molecule has 0 amide bonds. The van der Waals surface area contributed by atoms with Gasteiger partial charge in [-0.3, -0.25) is 0 Å². The van der Waals surface area contributed by atoms with Crippen molar-refractivity contribution in [1.82, 2.24) is 0 Å². The minimum atomic E-state index is -4.70. The fourth-order valence-corrected chi connectivity index (χ4v) is 2.88. The Labute approximate surface area is 135 Å². The number of fused-ring (bicyclic) bond motifs is 1. The lowest BCUT2D eigenvalue weighted by Crippen LogP contribution is -2.30. The number of alkyl halides is 3. The molecule has 3 nitrogen and oxygen atoms in total. The first kappa shape index (κ1) is 16.6. The monoisotopic (exact) mass is 341 g/mol. The van der Waals surface area contributed by atoms with Crippen LogP contribution in [-0.4, -0.2) is 17.8 Å². The van der Waals surface area contributed by atoms with Crippen LogP contribution in [0, 0.1) is 5.82 Å². The zero-order valence-corrected chi connectivity index (χ0v) is 12.5. The molecule has 0 bridgehead atoms. The number of phenolic OH excluding ortho intramolecular Hbond substituents is 1. The van der Waals surface area contributed by atoms with Crippen molar-refractivity contribution in [2.24, 2.45) is 5.73 Å². The summed E-state index contributed by atoms with van der Waals surface area (Å²) in [5.41, 5.74) is 4.82. The maximum Gasteiger partial charge on any atom is 0.417 e. The summed E-state index contributed by atoms with van der Waals surface area (Å²) in [5, 5.41) is 9.40. The molecule has 1 atom stereocenters. The average molecular weight is 341 g/mol. The summed E-state index contributed by atoms with van der Waals surface area (Å²) in [7, 11) is 0. The van der Waals surface area contributed by atoms with E-state index in [2.05, 4.69) is 0 Å². The third-order valence-corrected chi connectivity index (χ3v) is 4.01. The van der Waals surface area contributed by atoms with Crippen LogP contribution in [0.3, 0.4) is 0 Å². The normalized spacial score (nSPS) is 17.3. The van der Waals surface area contributed by atoms with Gasteiger partial charge in [0.05, 0.1) is 5.56 Å². The molecular weight excluding hydrogens is 326 g/mol. The Balaban J connectivity index is 2.23. The summed E-state index contributed by atoms with van der Waals surface area (Å²) in [6.45, 7) is 0.220. The van der Waals surface area contributed by atoms with Gasteiger partial charge in [-0.25, -0.2) is 4.39 Å². The van der Waals surface area contributed by atoms with E-state index in [-0.39, 0.29) is 29.5 Å². The highest BCUT2D eigenvalue weighted by Gasteiger charge is 2.35. The van der Waals surface area contributed by atoms with Crippen molar-refractivity contribution < 1.29 is 27.4 Å². The van der Waals surface area contributed by atoms with E-state index in [0.717, 1.165) is 18.2 Å². The number of aromatic hydroxyl groups is 1. The van der Waals surface area contributed by atoms with E-state index in [4.69, 9.17) is 10.5 Å². The first-order valence-corrected chi connectivity index (χ1v) is 7.39. The smallest absolute Gasteiger partial charge is 0.417 e. The van der Waals surface area contributed by atoms with E-state index in [1.165, 1.54) is 6.07 Å². The summed E-state index contributed by atoms with van der Waals surface area (Å²) in [6, 6.07) is 5.14. The molecule has 0 fully saturated rings. The Bertz CT molecular complexity index is 774. The minimum Gasteiger partial charge on any atom is -0.508 e. The van der Waals surface area contributed by atoms with Crippen LogP contribution in [0.5, 0.6) is 11.5 Å². The molecule has 0 spiro atoms. The second-order valence-corrected chi connectivity index (χ2v) is 5.68. The molecule has 0 unspecified atom stereocenters. The first-order valence-electron chi connectivity index (χ1n) is 7.39. The van der Waals surface area contributed by atoms with E-state index in [0.29, 0.717) is 24.5 Å². The number of ether oxygens (including phenoxy) is 1. The molecule has 0 aromatic heterocycles. The van der Waals surface area contributed by atoms with E-state index in [9.17, 15) is 22.7 Å². The lowest BCUT2D eigenvalue weighted by molar-refractivity contribution is -0.137. The number of benzene rings is 2. The summed E-state index contributed by atoms with van der Waals surface area (Å²) in [6.07, 6.45) is -3.97. The van der Waals surface area contributed by atoms with Crippen molar-refractivity contribution in [3.63, 3.8) is 0 Å². The number of hydrogen-bond donors (Lipinski definition) is 2. The molecule has 0 aliphatic carbocycles. The van der Waals surface area contributed by atoms with Crippen LogP contribution in [0.4, 0.5) is 17.6 Å².